The molecule has 0 amide bonds. The van der Waals surface area contributed by atoms with Crippen molar-refractivity contribution in [3.8, 4) is 0 Å². The van der Waals surface area contributed by atoms with E-state index in [1.165, 1.54) is 25.7 Å². The van der Waals surface area contributed by atoms with E-state index < -0.39 is 0 Å². The van der Waals surface area contributed by atoms with Crippen LogP contribution in [-0.2, 0) is 4.74 Å². The van der Waals surface area contributed by atoms with Gasteiger partial charge in [0, 0.05) is 12.6 Å². The van der Waals surface area contributed by atoms with Gasteiger partial charge in [-0.1, -0.05) is 0 Å². The number of hydrazine groups is 1. The van der Waals surface area contributed by atoms with E-state index in [9.17, 15) is 0 Å². The van der Waals surface area contributed by atoms with Gasteiger partial charge in [0.05, 0.1) is 6.10 Å². The fourth-order valence-corrected chi connectivity index (χ4v) is 2.01. The van der Waals surface area contributed by atoms with E-state index in [-0.39, 0.29) is 0 Å². The molecule has 1 aliphatic carbocycles. The van der Waals surface area contributed by atoms with Crippen LogP contribution < -0.4 is 11.3 Å². The molecule has 70 valence electrons. The largest absolute Gasteiger partial charge is 0.378 e. The van der Waals surface area contributed by atoms with Crippen LogP contribution in [0.15, 0.2) is 0 Å². The molecule has 2 unspecified atom stereocenters. The SMILES string of the molecule is NNC(CC1CCCO1)C1CC1. The molecule has 2 aliphatic rings. The zero-order valence-electron chi connectivity index (χ0n) is 7.46. The Kier molecular flexibility index (Phi) is 2.63. The van der Waals surface area contributed by atoms with E-state index in [0.29, 0.717) is 12.1 Å². The third kappa shape index (κ3) is 1.97. The molecular formula is C9H18N2O. The lowest BCUT2D eigenvalue weighted by molar-refractivity contribution is 0.0921. The number of ether oxygens (including phenoxy) is 1. The van der Waals surface area contributed by atoms with Crippen LogP contribution in [0.3, 0.4) is 0 Å². The van der Waals surface area contributed by atoms with Gasteiger partial charge in [-0.25, -0.2) is 0 Å². The highest BCUT2D eigenvalue weighted by Gasteiger charge is 2.32. The van der Waals surface area contributed by atoms with Crippen LogP contribution in [0.5, 0.6) is 0 Å². The molecule has 0 bridgehead atoms. The fraction of sp³-hybridized carbons (Fsp3) is 1.00. The molecule has 1 saturated carbocycles. The lowest BCUT2D eigenvalue weighted by Gasteiger charge is -2.18. The van der Waals surface area contributed by atoms with E-state index in [1.807, 2.05) is 0 Å². The predicted molar refractivity (Wildman–Crippen MR) is 47.4 cm³/mol. The quantitative estimate of drug-likeness (QED) is 0.484. The standard InChI is InChI=1S/C9H18N2O/c10-11-9(7-3-4-7)6-8-2-1-5-12-8/h7-9,11H,1-6,10H2. The topological polar surface area (TPSA) is 47.3 Å². The summed E-state index contributed by atoms with van der Waals surface area (Å²) in [6, 6.07) is 0.507. The van der Waals surface area contributed by atoms with Gasteiger partial charge in [0.1, 0.15) is 0 Å². The zero-order chi connectivity index (χ0) is 8.39. The zero-order valence-corrected chi connectivity index (χ0v) is 7.46. The minimum Gasteiger partial charge on any atom is -0.378 e. The van der Waals surface area contributed by atoms with Crippen molar-refractivity contribution >= 4 is 0 Å². The summed E-state index contributed by atoms with van der Waals surface area (Å²) in [6.45, 7) is 0.951. The van der Waals surface area contributed by atoms with Crippen molar-refractivity contribution < 1.29 is 4.74 Å². The van der Waals surface area contributed by atoms with E-state index in [0.717, 1.165) is 18.9 Å². The van der Waals surface area contributed by atoms with Crippen molar-refractivity contribution in [1.29, 1.82) is 0 Å². The molecule has 2 fully saturated rings. The molecule has 3 heteroatoms. The van der Waals surface area contributed by atoms with E-state index in [4.69, 9.17) is 10.6 Å². The van der Waals surface area contributed by atoms with Crippen LogP contribution in [-0.4, -0.2) is 18.8 Å². The Bertz CT molecular complexity index is 141. The summed E-state index contributed by atoms with van der Waals surface area (Å²) in [5, 5.41) is 0. The smallest absolute Gasteiger partial charge is 0.0591 e. The predicted octanol–water partition coefficient (Wildman–Crippen LogP) is 0.797. The molecule has 0 radical (unpaired) electrons. The van der Waals surface area contributed by atoms with Gasteiger partial charge < -0.3 is 4.74 Å². The molecule has 3 nitrogen and oxygen atoms in total. The van der Waals surface area contributed by atoms with Crippen LogP contribution in [0.4, 0.5) is 0 Å². The van der Waals surface area contributed by atoms with Crippen molar-refractivity contribution in [2.24, 2.45) is 11.8 Å². The van der Waals surface area contributed by atoms with Crippen LogP contribution in [0.1, 0.15) is 32.1 Å². The maximum Gasteiger partial charge on any atom is 0.0591 e. The molecule has 1 aliphatic heterocycles. The molecule has 12 heavy (non-hydrogen) atoms. The van der Waals surface area contributed by atoms with E-state index >= 15 is 0 Å². The summed E-state index contributed by atoms with van der Waals surface area (Å²) in [5.74, 6) is 6.32. The first-order chi connectivity index (χ1) is 5.90. The molecule has 3 N–H and O–H groups in total. The highest BCUT2D eigenvalue weighted by molar-refractivity contribution is 4.87. The molecule has 1 heterocycles. The maximum atomic E-state index is 5.57. The number of nitrogens with two attached hydrogens (primary N) is 1. The van der Waals surface area contributed by atoms with E-state index in [1.54, 1.807) is 0 Å². The average Bonchev–Trinajstić information content (AvgIpc) is 2.80. The first kappa shape index (κ1) is 8.48. The highest BCUT2D eigenvalue weighted by Crippen LogP contribution is 2.35. The second kappa shape index (κ2) is 3.73. The Balaban J connectivity index is 1.74. The van der Waals surface area contributed by atoms with Gasteiger partial charge in [0.2, 0.25) is 0 Å². The highest BCUT2D eigenvalue weighted by atomic mass is 16.5. The summed E-state index contributed by atoms with van der Waals surface area (Å²) < 4.78 is 5.57. The first-order valence-corrected chi connectivity index (χ1v) is 4.98. The van der Waals surface area contributed by atoms with Crippen molar-refractivity contribution in [2.75, 3.05) is 6.61 Å². The molecule has 0 aromatic rings. The lowest BCUT2D eigenvalue weighted by Crippen LogP contribution is -2.39. The van der Waals surface area contributed by atoms with Crippen LogP contribution in [0.2, 0.25) is 0 Å². The third-order valence-electron chi connectivity index (χ3n) is 2.95. The lowest BCUT2D eigenvalue weighted by atomic mass is 10.0. The van der Waals surface area contributed by atoms with Crippen molar-refractivity contribution in [2.45, 2.75) is 44.2 Å². The van der Waals surface area contributed by atoms with Crippen LogP contribution in [0.25, 0.3) is 0 Å². The van der Waals surface area contributed by atoms with Gasteiger partial charge in [-0.05, 0) is 38.0 Å². The van der Waals surface area contributed by atoms with Gasteiger partial charge in [-0.15, -0.1) is 0 Å². The summed E-state index contributed by atoms with van der Waals surface area (Å²) in [7, 11) is 0. The van der Waals surface area contributed by atoms with Gasteiger partial charge in [-0.2, -0.15) is 0 Å². The molecule has 2 atom stereocenters. The second-order valence-corrected chi connectivity index (χ2v) is 3.98. The summed E-state index contributed by atoms with van der Waals surface area (Å²) >= 11 is 0. The minimum absolute atomic E-state index is 0.478. The Morgan fingerprint density at radius 1 is 1.42 bits per heavy atom. The summed E-state index contributed by atoms with van der Waals surface area (Å²) in [6.07, 6.45) is 6.74. The summed E-state index contributed by atoms with van der Waals surface area (Å²) in [4.78, 5) is 0. The second-order valence-electron chi connectivity index (χ2n) is 3.98. The van der Waals surface area contributed by atoms with Gasteiger partial charge in [0.15, 0.2) is 0 Å². The average molecular weight is 170 g/mol. The Hall–Kier alpha value is -0.120. The number of rotatable bonds is 4. The van der Waals surface area contributed by atoms with Crippen LogP contribution in [0, 0.1) is 5.92 Å². The molecule has 0 spiro atoms. The summed E-state index contributed by atoms with van der Waals surface area (Å²) in [5.41, 5.74) is 2.91. The van der Waals surface area contributed by atoms with Gasteiger partial charge in [0.25, 0.3) is 0 Å². The Morgan fingerprint density at radius 2 is 2.25 bits per heavy atom. The Morgan fingerprint density at radius 3 is 2.75 bits per heavy atom. The number of hydrogen-bond acceptors (Lipinski definition) is 3. The number of nitrogens with one attached hydrogen (secondary N) is 1. The molecule has 2 rings (SSSR count). The first-order valence-electron chi connectivity index (χ1n) is 4.98. The normalized spacial score (nSPS) is 32.2. The fourth-order valence-electron chi connectivity index (χ4n) is 2.01. The van der Waals surface area contributed by atoms with Crippen LogP contribution >= 0.6 is 0 Å². The molecule has 0 aromatic heterocycles. The minimum atomic E-state index is 0.478. The molecule has 1 saturated heterocycles. The van der Waals surface area contributed by atoms with Crippen molar-refractivity contribution in [3.05, 3.63) is 0 Å². The third-order valence-corrected chi connectivity index (χ3v) is 2.95. The van der Waals surface area contributed by atoms with Crippen molar-refractivity contribution in [3.63, 3.8) is 0 Å². The monoisotopic (exact) mass is 170 g/mol. The molecule has 0 aromatic carbocycles. The van der Waals surface area contributed by atoms with Gasteiger partial charge in [-0.3, -0.25) is 11.3 Å². The number of hydrogen-bond donors (Lipinski definition) is 2. The molecular weight excluding hydrogens is 152 g/mol. The van der Waals surface area contributed by atoms with E-state index in [2.05, 4.69) is 5.43 Å². The maximum absolute atomic E-state index is 5.57. The Labute approximate surface area is 73.6 Å². The van der Waals surface area contributed by atoms with Crippen molar-refractivity contribution in [1.82, 2.24) is 5.43 Å². The van der Waals surface area contributed by atoms with Gasteiger partial charge >= 0.3 is 0 Å².